The standard InChI is InChI=1S/C24H25ClN4O2/c1-2-31-21-9-5-19(6-10-21)22-11-12-23(27-26-22)28-13-15-29(16-14-28)24(30)17-18-3-7-20(25)8-4-18/h3-12H,2,13-17H2,1H3. The number of amides is 1. The van der Waals surface area contributed by atoms with Crippen molar-refractivity contribution in [2.75, 3.05) is 37.7 Å². The summed E-state index contributed by atoms with van der Waals surface area (Å²) in [6, 6.07) is 19.3. The van der Waals surface area contributed by atoms with Crippen molar-refractivity contribution in [3.05, 3.63) is 71.2 Å². The Balaban J connectivity index is 1.32. The zero-order valence-corrected chi connectivity index (χ0v) is 18.3. The van der Waals surface area contributed by atoms with Crippen LogP contribution in [0.1, 0.15) is 12.5 Å². The highest BCUT2D eigenvalue weighted by Crippen LogP contribution is 2.22. The number of hydrogen-bond acceptors (Lipinski definition) is 5. The topological polar surface area (TPSA) is 58.6 Å². The predicted octanol–water partition coefficient (Wildman–Crippen LogP) is 4.09. The molecule has 2 heterocycles. The first-order valence-corrected chi connectivity index (χ1v) is 10.8. The molecule has 1 aromatic heterocycles. The zero-order chi connectivity index (χ0) is 21.6. The molecule has 1 aliphatic heterocycles. The monoisotopic (exact) mass is 436 g/mol. The molecule has 0 saturated carbocycles. The summed E-state index contributed by atoms with van der Waals surface area (Å²) in [5.74, 6) is 1.82. The number of carbonyl (C=O) groups excluding carboxylic acids is 1. The lowest BCUT2D eigenvalue weighted by Crippen LogP contribution is -2.49. The van der Waals surface area contributed by atoms with Crippen molar-refractivity contribution in [1.29, 1.82) is 0 Å². The molecule has 0 aliphatic carbocycles. The van der Waals surface area contributed by atoms with Gasteiger partial charge in [0.05, 0.1) is 18.7 Å². The molecule has 0 radical (unpaired) electrons. The molecule has 4 rings (SSSR count). The molecule has 31 heavy (non-hydrogen) atoms. The number of nitrogens with zero attached hydrogens (tertiary/aromatic N) is 4. The number of halogens is 1. The maximum atomic E-state index is 12.6. The largest absolute Gasteiger partial charge is 0.494 e. The van der Waals surface area contributed by atoms with Crippen LogP contribution in [0.3, 0.4) is 0 Å². The molecular formula is C24H25ClN4O2. The summed E-state index contributed by atoms with van der Waals surface area (Å²) in [6.45, 7) is 5.44. The van der Waals surface area contributed by atoms with Crippen molar-refractivity contribution >= 4 is 23.3 Å². The van der Waals surface area contributed by atoms with E-state index in [9.17, 15) is 4.79 Å². The van der Waals surface area contributed by atoms with Crippen LogP contribution in [0.25, 0.3) is 11.3 Å². The second kappa shape index (κ2) is 9.79. The number of benzene rings is 2. The second-order valence-electron chi connectivity index (χ2n) is 7.41. The van der Waals surface area contributed by atoms with Crippen LogP contribution in [-0.2, 0) is 11.2 Å². The van der Waals surface area contributed by atoms with E-state index in [1.807, 2.05) is 72.5 Å². The van der Waals surface area contributed by atoms with Crippen molar-refractivity contribution in [3.63, 3.8) is 0 Å². The van der Waals surface area contributed by atoms with Gasteiger partial charge >= 0.3 is 0 Å². The van der Waals surface area contributed by atoms with Crippen LogP contribution in [0, 0.1) is 0 Å². The molecule has 7 heteroatoms. The lowest BCUT2D eigenvalue weighted by molar-refractivity contribution is -0.130. The van der Waals surface area contributed by atoms with Gasteiger partial charge in [0, 0.05) is 36.8 Å². The molecular weight excluding hydrogens is 412 g/mol. The summed E-state index contributed by atoms with van der Waals surface area (Å²) >= 11 is 5.92. The number of anilines is 1. The Labute approximate surface area is 187 Å². The van der Waals surface area contributed by atoms with Gasteiger partial charge in [-0.2, -0.15) is 0 Å². The summed E-state index contributed by atoms with van der Waals surface area (Å²) in [6.07, 6.45) is 0.397. The molecule has 2 aromatic carbocycles. The fourth-order valence-corrected chi connectivity index (χ4v) is 3.74. The van der Waals surface area contributed by atoms with Crippen LogP contribution in [0.4, 0.5) is 5.82 Å². The number of aromatic nitrogens is 2. The van der Waals surface area contributed by atoms with Gasteiger partial charge in [-0.1, -0.05) is 23.7 Å². The highest BCUT2D eigenvalue weighted by molar-refractivity contribution is 6.30. The highest BCUT2D eigenvalue weighted by atomic mass is 35.5. The molecule has 3 aromatic rings. The van der Waals surface area contributed by atoms with Crippen molar-refractivity contribution in [2.45, 2.75) is 13.3 Å². The summed E-state index contributed by atoms with van der Waals surface area (Å²) in [4.78, 5) is 16.7. The maximum absolute atomic E-state index is 12.6. The Morgan fingerprint density at radius 2 is 1.65 bits per heavy atom. The molecule has 160 valence electrons. The average Bonchev–Trinajstić information content (AvgIpc) is 2.81. The minimum absolute atomic E-state index is 0.138. The fourth-order valence-electron chi connectivity index (χ4n) is 3.61. The van der Waals surface area contributed by atoms with Gasteiger partial charge in [-0.05, 0) is 61.0 Å². The number of ether oxygens (including phenoxy) is 1. The molecule has 1 saturated heterocycles. The predicted molar refractivity (Wildman–Crippen MR) is 123 cm³/mol. The quantitative estimate of drug-likeness (QED) is 0.582. The maximum Gasteiger partial charge on any atom is 0.227 e. The Bertz CT molecular complexity index is 999. The van der Waals surface area contributed by atoms with Gasteiger partial charge < -0.3 is 14.5 Å². The first-order chi connectivity index (χ1) is 15.1. The van der Waals surface area contributed by atoms with E-state index in [1.165, 1.54) is 0 Å². The molecule has 0 bridgehead atoms. The van der Waals surface area contributed by atoms with E-state index < -0.39 is 0 Å². The van der Waals surface area contributed by atoms with Gasteiger partial charge in [0.25, 0.3) is 0 Å². The smallest absolute Gasteiger partial charge is 0.227 e. The van der Waals surface area contributed by atoms with E-state index >= 15 is 0 Å². The number of piperazine rings is 1. The van der Waals surface area contributed by atoms with Crippen LogP contribution in [0.5, 0.6) is 5.75 Å². The Morgan fingerprint density at radius 1 is 0.935 bits per heavy atom. The van der Waals surface area contributed by atoms with E-state index in [-0.39, 0.29) is 5.91 Å². The third kappa shape index (κ3) is 5.33. The van der Waals surface area contributed by atoms with E-state index in [1.54, 1.807) is 0 Å². The van der Waals surface area contributed by atoms with Gasteiger partial charge in [-0.3, -0.25) is 4.79 Å². The fraction of sp³-hybridized carbons (Fsp3) is 0.292. The normalized spacial score (nSPS) is 13.9. The van der Waals surface area contributed by atoms with Gasteiger partial charge in [0.1, 0.15) is 5.75 Å². The van der Waals surface area contributed by atoms with E-state index in [4.69, 9.17) is 16.3 Å². The lowest BCUT2D eigenvalue weighted by atomic mass is 10.1. The SMILES string of the molecule is CCOc1ccc(-c2ccc(N3CCN(C(=O)Cc4ccc(Cl)cc4)CC3)nn2)cc1. The van der Waals surface area contributed by atoms with Gasteiger partial charge in [-0.15, -0.1) is 10.2 Å². The third-order valence-corrected chi connectivity index (χ3v) is 5.59. The molecule has 0 N–H and O–H groups in total. The molecule has 1 aliphatic rings. The van der Waals surface area contributed by atoms with Crippen LogP contribution >= 0.6 is 11.6 Å². The number of hydrogen-bond donors (Lipinski definition) is 0. The van der Waals surface area contributed by atoms with Crippen molar-refractivity contribution in [1.82, 2.24) is 15.1 Å². The summed E-state index contributed by atoms with van der Waals surface area (Å²) in [7, 11) is 0. The minimum atomic E-state index is 0.138. The first kappa shape index (κ1) is 21.1. The Kier molecular flexibility index (Phi) is 6.67. The second-order valence-corrected chi connectivity index (χ2v) is 7.84. The van der Waals surface area contributed by atoms with Gasteiger partial charge in [0.2, 0.25) is 5.91 Å². The van der Waals surface area contributed by atoms with Crippen molar-refractivity contribution < 1.29 is 9.53 Å². The molecule has 1 fully saturated rings. The lowest BCUT2D eigenvalue weighted by Gasteiger charge is -2.35. The zero-order valence-electron chi connectivity index (χ0n) is 17.5. The molecule has 0 spiro atoms. The third-order valence-electron chi connectivity index (χ3n) is 5.34. The highest BCUT2D eigenvalue weighted by Gasteiger charge is 2.22. The molecule has 1 amide bonds. The summed E-state index contributed by atoms with van der Waals surface area (Å²) < 4.78 is 5.48. The Hall–Kier alpha value is -3.12. The van der Waals surface area contributed by atoms with Crippen LogP contribution in [0.2, 0.25) is 5.02 Å². The van der Waals surface area contributed by atoms with Crippen LogP contribution in [0.15, 0.2) is 60.7 Å². The van der Waals surface area contributed by atoms with E-state index in [0.717, 1.165) is 41.5 Å². The summed E-state index contributed by atoms with van der Waals surface area (Å²) in [5, 5.41) is 9.49. The van der Waals surface area contributed by atoms with E-state index in [2.05, 4.69) is 15.1 Å². The van der Waals surface area contributed by atoms with Gasteiger partial charge in [-0.25, -0.2) is 0 Å². The van der Waals surface area contributed by atoms with Crippen molar-refractivity contribution in [2.24, 2.45) is 0 Å². The first-order valence-electron chi connectivity index (χ1n) is 10.5. The van der Waals surface area contributed by atoms with Gasteiger partial charge in [0.15, 0.2) is 5.82 Å². The van der Waals surface area contributed by atoms with E-state index in [0.29, 0.717) is 31.1 Å². The molecule has 6 nitrogen and oxygen atoms in total. The number of carbonyl (C=O) groups is 1. The van der Waals surface area contributed by atoms with Crippen molar-refractivity contribution in [3.8, 4) is 17.0 Å². The molecule has 0 atom stereocenters. The van der Waals surface area contributed by atoms with Crippen LogP contribution < -0.4 is 9.64 Å². The number of rotatable bonds is 6. The van der Waals surface area contributed by atoms with Crippen LogP contribution in [-0.4, -0.2) is 53.8 Å². The summed E-state index contributed by atoms with van der Waals surface area (Å²) in [5.41, 5.74) is 2.80. The Morgan fingerprint density at radius 3 is 2.26 bits per heavy atom. The average molecular weight is 437 g/mol. The molecule has 0 unspecified atom stereocenters. The minimum Gasteiger partial charge on any atom is -0.494 e.